The van der Waals surface area contributed by atoms with Gasteiger partial charge in [0, 0.05) is 64.1 Å². The summed E-state index contributed by atoms with van der Waals surface area (Å²) in [5.74, 6) is 0.520. The lowest BCUT2D eigenvalue weighted by molar-refractivity contribution is -0.0144. The number of rotatable bonds is 2. The highest BCUT2D eigenvalue weighted by atomic mass is 16.5. The van der Waals surface area contributed by atoms with E-state index in [0.717, 1.165) is 71.7 Å². The molecule has 0 spiro atoms. The van der Waals surface area contributed by atoms with Gasteiger partial charge in [0.1, 0.15) is 0 Å². The molecule has 25 heavy (non-hydrogen) atoms. The summed E-state index contributed by atoms with van der Waals surface area (Å²) >= 11 is 0. The number of piperidine rings is 1. The average Bonchev–Trinajstić information content (AvgIpc) is 3.10. The number of carbonyl (C=O) groups is 1. The van der Waals surface area contributed by atoms with Crippen LogP contribution in [0.15, 0.2) is 24.5 Å². The van der Waals surface area contributed by atoms with Crippen molar-refractivity contribution in [2.45, 2.75) is 31.9 Å². The van der Waals surface area contributed by atoms with Crippen molar-refractivity contribution in [3.05, 3.63) is 30.1 Å². The number of likely N-dealkylation sites (tertiary alicyclic amines) is 2. The fourth-order valence-corrected chi connectivity index (χ4v) is 4.29. The molecule has 0 saturated carbocycles. The second-order valence-corrected chi connectivity index (χ2v) is 7.47. The Kier molecular flexibility index (Phi) is 5.17. The Labute approximate surface area is 149 Å². The second-order valence-electron chi connectivity index (χ2n) is 7.47. The molecule has 4 heterocycles. The molecule has 0 aromatic carbocycles. The zero-order valence-electron chi connectivity index (χ0n) is 14.8. The number of hydrogen-bond acceptors (Lipinski definition) is 4. The lowest BCUT2D eigenvalue weighted by Gasteiger charge is -2.39. The molecule has 3 saturated heterocycles. The Balaban J connectivity index is 1.34. The Morgan fingerprint density at radius 2 is 1.88 bits per heavy atom. The summed E-state index contributed by atoms with van der Waals surface area (Å²) in [6.45, 7) is 7.16. The van der Waals surface area contributed by atoms with Gasteiger partial charge in [-0.15, -0.1) is 0 Å². The molecule has 2 amide bonds. The number of ether oxygens (including phenoxy) is 1. The molecule has 3 aliphatic rings. The third-order valence-corrected chi connectivity index (χ3v) is 5.73. The van der Waals surface area contributed by atoms with E-state index in [1.54, 1.807) is 0 Å². The van der Waals surface area contributed by atoms with Gasteiger partial charge in [0.25, 0.3) is 0 Å². The van der Waals surface area contributed by atoms with Gasteiger partial charge in [0.05, 0.1) is 12.7 Å². The van der Waals surface area contributed by atoms with E-state index in [1.165, 1.54) is 5.56 Å². The summed E-state index contributed by atoms with van der Waals surface area (Å²) in [5, 5.41) is 0. The van der Waals surface area contributed by atoms with Crippen LogP contribution >= 0.6 is 0 Å². The first-order valence-electron chi connectivity index (χ1n) is 9.56. The largest absolute Gasteiger partial charge is 0.375 e. The van der Waals surface area contributed by atoms with E-state index >= 15 is 0 Å². The molecule has 0 aliphatic carbocycles. The van der Waals surface area contributed by atoms with E-state index in [2.05, 4.69) is 22.0 Å². The predicted molar refractivity (Wildman–Crippen MR) is 95.1 cm³/mol. The van der Waals surface area contributed by atoms with E-state index in [0.29, 0.717) is 5.92 Å². The summed E-state index contributed by atoms with van der Waals surface area (Å²) < 4.78 is 6.15. The van der Waals surface area contributed by atoms with Crippen LogP contribution in [0.1, 0.15) is 24.8 Å². The number of carbonyl (C=O) groups excluding carboxylic acids is 1. The van der Waals surface area contributed by atoms with Crippen molar-refractivity contribution in [2.24, 2.45) is 5.92 Å². The molecule has 0 bridgehead atoms. The average molecular weight is 344 g/mol. The van der Waals surface area contributed by atoms with Crippen LogP contribution in [0.2, 0.25) is 0 Å². The van der Waals surface area contributed by atoms with E-state index in [4.69, 9.17) is 4.74 Å². The molecule has 0 N–H and O–H groups in total. The maximum Gasteiger partial charge on any atom is 0.320 e. The minimum atomic E-state index is 0.183. The molecular formula is C19H28N4O2. The van der Waals surface area contributed by atoms with Crippen molar-refractivity contribution in [2.75, 3.05) is 45.9 Å². The van der Waals surface area contributed by atoms with Crippen molar-refractivity contribution < 1.29 is 9.53 Å². The number of fused-ring (bicyclic) bond motifs is 1. The van der Waals surface area contributed by atoms with Crippen LogP contribution in [-0.2, 0) is 11.3 Å². The quantitative estimate of drug-likeness (QED) is 0.821. The number of urea groups is 1. The number of pyridine rings is 1. The highest BCUT2D eigenvalue weighted by molar-refractivity contribution is 5.74. The maximum atomic E-state index is 12.6. The van der Waals surface area contributed by atoms with Crippen molar-refractivity contribution in [3.63, 3.8) is 0 Å². The van der Waals surface area contributed by atoms with Crippen LogP contribution in [0.5, 0.6) is 0 Å². The Bertz CT molecular complexity index is 576. The Hall–Kier alpha value is -1.66. The van der Waals surface area contributed by atoms with Gasteiger partial charge in [0.15, 0.2) is 0 Å². The van der Waals surface area contributed by atoms with Gasteiger partial charge in [-0.1, -0.05) is 0 Å². The van der Waals surface area contributed by atoms with Gasteiger partial charge in [-0.05, 0) is 37.0 Å². The van der Waals surface area contributed by atoms with E-state index < -0.39 is 0 Å². The maximum absolute atomic E-state index is 12.6. The first-order chi connectivity index (χ1) is 12.3. The van der Waals surface area contributed by atoms with Crippen LogP contribution in [0, 0.1) is 5.92 Å². The SMILES string of the molecule is O=C(N1CCCC1)N1CC[C@H]2CN(Cc3ccncc3)CCO[C@H]2C1. The number of amides is 2. The third-order valence-electron chi connectivity index (χ3n) is 5.73. The standard InChI is InChI=1S/C19H28N4O2/c24-19(22-8-1-2-9-22)23-10-5-17-14-21(11-12-25-18(17)15-23)13-16-3-6-20-7-4-16/h3-4,6-7,17-18H,1-2,5,8-15H2/t17-,18-/m0/s1. The van der Waals surface area contributed by atoms with Crippen LogP contribution in [-0.4, -0.2) is 77.7 Å². The zero-order chi connectivity index (χ0) is 17.1. The molecule has 2 atom stereocenters. The predicted octanol–water partition coefficient (Wildman–Crippen LogP) is 1.82. The summed E-state index contributed by atoms with van der Waals surface area (Å²) in [6.07, 6.45) is 7.22. The van der Waals surface area contributed by atoms with Gasteiger partial charge >= 0.3 is 6.03 Å². The van der Waals surface area contributed by atoms with Gasteiger partial charge in [-0.25, -0.2) is 4.79 Å². The monoisotopic (exact) mass is 344 g/mol. The fourth-order valence-electron chi connectivity index (χ4n) is 4.29. The lowest BCUT2D eigenvalue weighted by Crippen LogP contribution is -2.52. The zero-order valence-corrected chi connectivity index (χ0v) is 14.8. The molecule has 3 aliphatic heterocycles. The van der Waals surface area contributed by atoms with Crippen LogP contribution in [0.4, 0.5) is 4.79 Å². The van der Waals surface area contributed by atoms with Crippen molar-refractivity contribution in [3.8, 4) is 0 Å². The normalized spacial score (nSPS) is 27.8. The molecular weight excluding hydrogens is 316 g/mol. The smallest absolute Gasteiger partial charge is 0.320 e. The van der Waals surface area contributed by atoms with Crippen LogP contribution in [0.25, 0.3) is 0 Å². The molecule has 1 aromatic rings. The molecule has 6 heteroatoms. The molecule has 1 aromatic heterocycles. The summed E-state index contributed by atoms with van der Waals surface area (Å²) in [6, 6.07) is 4.39. The minimum Gasteiger partial charge on any atom is -0.375 e. The van der Waals surface area contributed by atoms with Gasteiger partial charge < -0.3 is 14.5 Å². The number of nitrogens with zero attached hydrogens (tertiary/aromatic N) is 4. The summed E-state index contributed by atoms with van der Waals surface area (Å²) in [5.41, 5.74) is 1.30. The molecule has 136 valence electrons. The summed E-state index contributed by atoms with van der Waals surface area (Å²) in [7, 11) is 0. The van der Waals surface area contributed by atoms with E-state index in [1.807, 2.05) is 22.2 Å². The highest BCUT2D eigenvalue weighted by Gasteiger charge is 2.36. The number of aromatic nitrogens is 1. The van der Waals surface area contributed by atoms with Crippen molar-refractivity contribution in [1.82, 2.24) is 19.7 Å². The van der Waals surface area contributed by atoms with Crippen molar-refractivity contribution in [1.29, 1.82) is 0 Å². The van der Waals surface area contributed by atoms with Gasteiger partial charge in [0.2, 0.25) is 0 Å². The summed E-state index contributed by atoms with van der Waals surface area (Å²) in [4.78, 5) is 23.3. The lowest BCUT2D eigenvalue weighted by atomic mass is 9.93. The first kappa shape index (κ1) is 16.8. The molecule has 3 fully saturated rings. The van der Waals surface area contributed by atoms with Gasteiger partial charge in [-0.3, -0.25) is 9.88 Å². The number of hydrogen-bond donors (Lipinski definition) is 0. The molecule has 0 radical (unpaired) electrons. The van der Waals surface area contributed by atoms with Crippen LogP contribution in [0.3, 0.4) is 0 Å². The molecule has 0 unspecified atom stereocenters. The van der Waals surface area contributed by atoms with E-state index in [-0.39, 0.29) is 12.1 Å². The third kappa shape index (κ3) is 3.96. The fraction of sp³-hybridized carbons (Fsp3) is 0.684. The Morgan fingerprint density at radius 1 is 1.08 bits per heavy atom. The Morgan fingerprint density at radius 3 is 2.68 bits per heavy atom. The highest BCUT2D eigenvalue weighted by Crippen LogP contribution is 2.26. The molecule has 4 rings (SSSR count). The van der Waals surface area contributed by atoms with E-state index in [9.17, 15) is 4.79 Å². The first-order valence-corrected chi connectivity index (χ1v) is 9.56. The minimum absolute atomic E-state index is 0.183. The van der Waals surface area contributed by atoms with Crippen molar-refractivity contribution >= 4 is 6.03 Å². The second kappa shape index (κ2) is 7.70. The van der Waals surface area contributed by atoms with Crippen LogP contribution < -0.4 is 0 Å². The van der Waals surface area contributed by atoms with Gasteiger partial charge in [-0.2, -0.15) is 0 Å². The topological polar surface area (TPSA) is 48.9 Å². The molecule has 6 nitrogen and oxygen atoms in total.